The molecule has 1 saturated heterocycles. The number of sulfone groups is 1. The Hall–Kier alpha value is -1.17. The number of rotatable bonds is 3. The van der Waals surface area contributed by atoms with E-state index in [1.165, 1.54) is 6.26 Å². The zero-order valence-electron chi connectivity index (χ0n) is 10.3. The Kier molecular flexibility index (Phi) is 4.16. The number of morpholine rings is 1. The summed E-state index contributed by atoms with van der Waals surface area (Å²) in [6, 6.07) is 7.08. The summed E-state index contributed by atoms with van der Waals surface area (Å²) in [6.45, 7) is 2.30. The fourth-order valence-corrected chi connectivity index (χ4v) is 2.39. The monoisotopic (exact) mass is 267 g/mol. The van der Waals surface area contributed by atoms with Gasteiger partial charge in [-0.1, -0.05) is 24.3 Å². The largest absolute Gasteiger partial charge is 0.378 e. The molecule has 98 valence electrons. The molecule has 5 heteroatoms. The van der Waals surface area contributed by atoms with Gasteiger partial charge < -0.3 is 10.1 Å². The normalized spacial score (nSPS) is 21.3. The van der Waals surface area contributed by atoms with E-state index in [1.54, 1.807) is 24.3 Å². The van der Waals surface area contributed by atoms with Crippen LogP contribution in [0.25, 0.3) is 6.08 Å². The molecule has 18 heavy (non-hydrogen) atoms. The van der Waals surface area contributed by atoms with Crippen molar-refractivity contribution in [3.8, 4) is 0 Å². The zero-order chi connectivity index (χ0) is 13.0. The molecule has 1 aliphatic heterocycles. The van der Waals surface area contributed by atoms with E-state index < -0.39 is 9.84 Å². The quantitative estimate of drug-likeness (QED) is 0.891. The maximum absolute atomic E-state index is 11.3. The van der Waals surface area contributed by atoms with Gasteiger partial charge in [0.15, 0.2) is 9.84 Å². The first-order valence-electron chi connectivity index (χ1n) is 5.85. The second-order valence-electron chi connectivity index (χ2n) is 4.34. The van der Waals surface area contributed by atoms with Gasteiger partial charge in [0, 0.05) is 18.8 Å². The molecular weight excluding hydrogens is 250 g/mol. The summed E-state index contributed by atoms with van der Waals surface area (Å²) in [5.74, 6) is 0. The Morgan fingerprint density at radius 1 is 1.33 bits per heavy atom. The minimum atomic E-state index is -3.11. The van der Waals surface area contributed by atoms with Crippen molar-refractivity contribution in [1.29, 1.82) is 0 Å². The van der Waals surface area contributed by atoms with Crippen LogP contribution in [0.1, 0.15) is 5.56 Å². The van der Waals surface area contributed by atoms with Crippen LogP contribution in [0.3, 0.4) is 0 Å². The van der Waals surface area contributed by atoms with Crippen molar-refractivity contribution in [2.75, 3.05) is 26.0 Å². The van der Waals surface area contributed by atoms with Crippen LogP contribution >= 0.6 is 0 Å². The predicted molar refractivity (Wildman–Crippen MR) is 71.2 cm³/mol. The summed E-state index contributed by atoms with van der Waals surface area (Å²) in [5, 5.41) is 3.32. The first-order valence-corrected chi connectivity index (χ1v) is 7.74. The molecule has 1 atom stereocenters. The molecule has 1 aromatic carbocycles. The second-order valence-corrected chi connectivity index (χ2v) is 6.35. The van der Waals surface area contributed by atoms with Gasteiger partial charge in [-0.25, -0.2) is 8.42 Å². The molecule has 1 aromatic rings. The van der Waals surface area contributed by atoms with E-state index in [1.807, 2.05) is 12.2 Å². The molecule has 0 aromatic heterocycles. The van der Waals surface area contributed by atoms with Gasteiger partial charge in [0.25, 0.3) is 0 Å². The molecule has 1 N–H and O–H groups in total. The third kappa shape index (κ3) is 3.66. The van der Waals surface area contributed by atoms with Crippen molar-refractivity contribution in [2.24, 2.45) is 0 Å². The van der Waals surface area contributed by atoms with E-state index in [9.17, 15) is 8.42 Å². The van der Waals surface area contributed by atoms with Crippen molar-refractivity contribution >= 4 is 15.9 Å². The van der Waals surface area contributed by atoms with Gasteiger partial charge in [-0.2, -0.15) is 0 Å². The second kappa shape index (κ2) is 5.65. The van der Waals surface area contributed by atoms with E-state index in [2.05, 4.69) is 5.32 Å². The molecule has 0 bridgehead atoms. The summed E-state index contributed by atoms with van der Waals surface area (Å²) >= 11 is 0. The Labute approximate surface area is 108 Å². The topological polar surface area (TPSA) is 55.4 Å². The van der Waals surface area contributed by atoms with Gasteiger partial charge in [0.05, 0.1) is 18.1 Å². The lowest BCUT2D eigenvalue weighted by atomic mass is 10.1. The molecule has 0 radical (unpaired) electrons. The first kappa shape index (κ1) is 13.3. The Bertz CT molecular complexity index is 514. The lowest BCUT2D eigenvalue weighted by Crippen LogP contribution is -2.39. The van der Waals surface area contributed by atoms with Crippen molar-refractivity contribution in [3.63, 3.8) is 0 Å². The molecular formula is C13H17NO3S. The minimum Gasteiger partial charge on any atom is -0.378 e. The molecule has 2 rings (SSSR count). The molecule has 1 heterocycles. The average molecular weight is 267 g/mol. The van der Waals surface area contributed by atoms with Crippen LogP contribution in [-0.2, 0) is 14.6 Å². The highest BCUT2D eigenvalue weighted by Gasteiger charge is 2.09. The van der Waals surface area contributed by atoms with Crippen LogP contribution in [0.15, 0.2) is 35.2 Å². The number of nitrogens with one attached hydrogen (secondary N) is 1. The molecule has 0 spiro atoms. The van der Waals surface area contributed by atoms with Crippen molar-refractivity contribution in [2.45, 2.75) is 10.9 Å². The standard InChI is InChI=1S/C13H17NO3S/c1-18(15,16)13-6-3-11(4-7-13)2-5-12-10-17-9-8-14-12/h2-7,12,14H,8-10H2,1H3/b5-2+. The Morgan fingerprint density at radius 2 is 2.06 bits per heavy atom. The third-order valence-corrected chi connectivity index (χ3v) is 3.91. The third-order valence-electron chi connectivity index (χ3n) is 2.78. The molecule has 1 aliphatic rings. The van der Waals surface area contributed by atoms with Crippen LogP contribution in [-0.4, -0.2) is 40.5 Å². The van der Waals surface area contributed by atoms with Crippen LogP contribution in [0.4, 0.5) is 0 Å². The van der Waals surface area contributed by atoms with Crippen molar-refractivity contribution in [1.82, 2.24) is 5.32 Å². The summed E-state index contributed by atoms with van der Waals surface area (Å²) < 4.78 is 28.0. The molecule has 1 fully saturated rings. The maximum Gasteiger partial charge on any atom is 0.175 e. The molecule has 0 amide bonds. The van der Waals surface area contributed by atoms with Gasteiger partial charge in [0.2, 0.25) is 0 Å². The Balaban J connectivity index is 2.03. The lowest BCUT2D eigenvalue weighted by molar-refractivity contribution is 0.0903. The molecule has 1 unspecified atom stereocenters. The van der Waals surface area contributed by atoms with Crippen molar-refractivity contribution in [3.05, 3.63) is 35.9 Å². The highest BCUT2D eigenvalue weighted by molar-refractivity contribution is 7.90. The fourth-order valence-electron chi connectivity index (χ4n) is 1.76. The number of benzene rings is 1. The zero-order valence-corrected chi connectivity index (χ0v) is 11.1. The summed E-state index contributed by atoms with van der Waals surface area (Å²) in [6.07, 6.45) is 5.22. The minimum absolute atomic E-state index is 0.230. The smallest absolute Gasteiger partial charge is 0.175 e. The predicted octanol–water partition coefficient (Wildman–Crippen LogP) is 1.09. The Morgan fingerprint density at radius 3 is 2.61 bits per heavy atom. The first-order chi connectivity index (χ1) is 8.55. The van der Waals surface area contributed by atoms with Gasteiger partial charge in [-0.05, 0) is 17.7 Å². The van der Waals surface area contributed by atoms with Crippen LogP contribution in [0.5, 0.6) is 0 Å². The SMILES string of the molecule is CS(=O)(=O)c1ccc(/C=C/C2COCCN2)cc1. The number of hydrogen-bond donors (Lipinski definition) is 1. The number of ether oxygens (including phenoxy) is 1. The van der Waals surface area contributed by atoms with Crippen molar-refractivity contribution < 1.29 is 13.2 Å². The molecule has 0 saturated carbocycles. The molecule has 0 aliphatic carbocycles. The number of hydrogen-bond acceptors (Lipinski definition) is 4. The summed E-state index contributed by atoms with van der Waals surface area (Å²) in [4.78, 5) is 0.346. The highest BCUT2D eigenvalue weighted by Crippen LogP contribution is 2.11. The van der Waals surface area contributed by atoms with Crippen LogP contribution < -0.4 is 5.32 Å². The van der Waals surface area contributed by atoms with Crippen LogP contribution in [0.2, 0.25) is 0 Å². The van der Waals surface area contributed by atoms with E-state index in [-0.39, 0.29) is 6.04 Å². The molecule has 4 nitrogen and oxygen atoms in total. The van der Waals surface area contributed by atoms with E-state index in [0.29, 0.717) is 11.5 Å². The van der Waals surface area contributed by atoms with Gasteiger partial charge in [-0.3, -0.25) is 0 Å². The van der Waals surface area contributed by atoms with Crippen LogP contribution in [0, 0.1) is 0 Å². The summed E-state index contributed by atoms with van der Waals surface area (Å²) in [5.41, 5.74) is 0.981. The average Bonchev–Trinajstić information content (AvgIpc) is 2.37. The van der Waals surface area contributed by atoms with E-state index >= 15 is 0 Å². The lowest BCUT2D eigenvalue weighted by Gasteiger charge is -2.20. The maximum atomic E-state index is 11.3. The van der Waals surface area contributed by atoms with Gasteiger partial charge >= 0.3 is 0 Å². The van der Waals surface area contributed by atoms with E-state index in [0.717, 1.165) is 18.7 Å². The van der Waals surface area contributed by atoms with Gasteiger partial charge in [0.1, 0.15) is 0 Å². The summed E-state index contributed by atoms with van der Waals surface area (Å²) in [7, 11) is -3.11. The van der Waals surface area contributed by atoms with Gasteiger partial charge in [-0.15, -0.1) is 0 Å². The fraction of sp³-hybridized carbons (Fsp3) is 0.385. The highest BCUT2D eigenvalue weighted by atomic mass is 32.2. The van der Waals surface area contributed by atoms with E-state index in [4.69, 9.17) is 4.74 Å².